The van der Waals surface area contributed by atoms with Gasteiger partial charge in [0.15, 0.2) is 0 Å². The van der Waals surface area contributed by atoms with Gasteiger partial charge in [0.05, 0.1) is 0 Å². The molecule has 1 saturated heterocycles. The second-order valence-corrected chi connectivity index (χ2v) is 7.46. The molecule has 1 aliphatic heterocycles. The van der Waals surface area contributed by atoms with Crippen molar-refractivity contribution in [3.8, 4) is 0 Å². The van der Waals surface area contributed by atoms with Crippen LogP contribution in [0.4, 0.5) is 10.1 Å². The zero-order chi connectivity index (χ0) is 20.8. The molecule has 1 N–H and O–H groups in total. The van der Waals surface area contributed by atoms with E-state index in [4.69, 9.17) is 0 Å². The van der Waals surface area contributed by atoms with Gasteiger partial charge in [0.25, 0.3) is 0 Å². The third-order valence-electron chi connectivity index (χ3n) is 5.54. The summed E-state index contributed by atoms with van der Waals surface area (Å²) in [7, 11) is 0. The van der Waals surface area contributed by atoms with Gasteiger partial charge < -0.3 is 15.1 Å². The molecule has 0 unspecified atom stereocenters. The van der Waals surface area contributed by atoms with Crippen LogP contribution in [0.3, 0.4) is 0 Å². The van der Waals surface area contributed by atoms with E-state index in [0.29, 0.717) is 31.6 Å². The lowest BCUT2D eigenvalue weighted by molar-refractivity contribution is -0.136. The van der Waals surface area contributed by atoms with Gasteiger partial charge in [-0.15, -0.1) is 0 Å². The molecule has 0 saturated carbocycles. The minimum atomic E-state index is -0.316. The van der Waals surface area contributed by atoms with E-state index in [9.17, 15) is 14.0 Å². The summed E-state index contributed by atoms with van der Waals surface area (Å²) in [5.74, 6) is -0.753. The normalized spacial score (nSPS) is 14.0. The van der Waals surface area contributed by atoms with Crippen LogP contribution in [0.5, 0.6) is 0 Å². The zero-order valence-electron chi connectivity index (χ0n) is 17.1. The highest BCUT2D eigenvalue weighted by Crippen LogP contribution is 2.24. The molecule has 1 heterocycles. The molecule has 6 heteroatoms. The van der Waals surface area contributed by atoms with E-state index in [1.54, 1.807) is 23.1 Å². The third kappa shape index (κ3) is 5.34. The number of piperazine rings is 1. The van der Waals surface area contributed by atoms with Crippen LogP contribution >= 0.6 is 0 Å². The maximum Gasteiger partial charge on any atom is 0.232 e. The van der Waals surface area contributed by atoms with Crippen LogP contribution in [0.25, 0.3) is 0 Å². The van der Waals surface area contributed by atoms with Gasteiger partial charge in [0.2, 0.25) is 11.8 Å². The molecule has 0 bridgehead atoms. The van der Waals surface area contributed by atoms with Gasteiger partial charge in [-0.25, -0.2) is 4.39 Å². The number of anilines is 1. The summed E-state index contributed by atoms with van der Waals surface area (Å²) in [4.78, 5) is 28.6. The third-order valence-corrected chi connectivity index (χ3v) is 5.54. The SMILES string of the molecule is Cc1cccc(N2CCN(C(=O)CC(=O)NCCc3ccccc3F)CC2)c1C. The quantitative estimate of drug-likeness (QED) is 0.763. The predicted octanol–water partition coefficient (Wildman–Crippen LogP) is 2.84. The van der Waals surface area contributed by atoms with Crippen molar-refractivity contribution < 1.29 is 14.0 Å². The molecule has 0 aliphatic carbocycles. The zero-order valence-corrected chi connectivity index (χ0v) is 17.1. The topological polar surface area (TPSA) is 52.7 Å². The fourth-order valence-electron chi connectivity index (χ4n) is 3.62. The van der Waals surface area contributed by atoms with Crippen LogP contribution in [0.2, 0.25) is 0 Å². The van der Waals surface area contributed by atoms with Gasteiger partial charge in [0.1, 0.15) is 12.2 Å². The first-order valence-electron chi connectivity index (χ1n) is 10.0. The molecule has 0 radical (unpaired) electrons. The molecular weight excluding hydrogens is 369 g/mol. The number of hydrogen-bond donors (Lipinski definition) is 1. The Bertz CT molecular complexity index is 876. The molecule has 2 aromatic carbocycles. The Balaban J connectivity index is 1.43. The van der Waals surface area contributed by atoms with Gasteiger partial charge in [0, 0.05) is 38.4 Å². The van der Waals surface area contributed by atoms with E-state index < -0.39 is 0 Å². The number of amides is 2. The van der Waals surface area contributed by atoms with E-state index in [1.165, 1.54) is 22.9 Å². The lowest BCUT2D eigenvalue weighted by Gasteiger charge is -2.37. The lowest BCUT2D eigenvalue weighted by Crippen LogP contribution is -2.49. The summed E-state index contributed by atoms with van der Waals surface area (Å²) in [5.41, 5.74) is 4.29. The highest BCUT2D eigenvalue weighted by atomic mass is 19.1. The number of aryl methyl sites for hydroxylation is 1. The molecule has 29 heavy (non-hydrogen) atoms. The number of carbonyl (C=O) groups is 2. The van der Waals surface area contributed by atoms with Crippen molar-refractivity contribution in [3.63, 3.8) is 0 Å². The lowest BCUT2D eigenvalue weighted by atomic mass is 10.1. The molecule has 0 atom stereocenters. The van der Waals surface area contributed by atoms with Gasteiger partial charge in [-0.2, -0.15) is 0 Å². The van der Waals surface area contributed by atoms with Crippen molar-refractivity contribution in [1.82, 2.24) is 10.2 Å². The summed E-state index contributed by atoms with van der Waals surface area (Å²) in [6, 6.07) is 12.8. The van der Waals surface area contributed by atoms with Crippen molar-refractivity contribution in [3.05, 3.63) is 65.0 Å². The largest absolute Gasteiger partial charge is 0.368 e. The first-order chi connectivity index (χ1) is 14.0. The summed E-state index contributed by atoms with van der Waals surface area (Å²) in [6.45, 7) is 7.25. The summed E-state index contributed by atoms with van der Waals surface area (Å²) >= 11 is 0. The molecule has 0 spiro atoms. The fourth-order valence-corrected chi connectivity index (χ4v) is 3.62. The Labute approximate surface area is 171 Å². The Hall–Kier alpha value is -2.89. The summed E-state index contributed by atoms with van der Waals surface area (Å²) < 4.78 is 13.6. The van der Waals surface area contributed by atoms with E-state index in [2.05, 4.69) is 42.3 Å². The Morgan fingerprint density at radius 2 is 1.72 bits per heavy atom. The molecule has 154 valence electrons. The molecule has 0 aromatic heterocycles. The minimum absolute atomic E-state index is 0.158. The molecular formula is C23H28FN3O2. The smallest absolute Gasteiger partial charge is 0.232 e. The van der Waals surface area contributed by atoms with Crippen LogP contribution in [-0.2, 0) is 16.0 Å². The fraction of sp³-hybridized carbons (Fsp3) is 0.391. The molecule has 2 aromatic rings. The predicted molar refractivity (Wildman–Crippen MR) is 112 cm³/mol. The van der Waals surface area contributed by atoms with Crippen molar-refractivity contribution in [1.29, 1.82) is 0 Å². The number of hydrogen-bond acceptors (Lipinski definition) is 3. The van der Waals surface area contributed by atoms with Crippen molar-refractivity contribution in [2.75, 3.05) is 37.6 Å². The van der Waals surface area contributed by atoms with E-state index in [1.807, 2.05) is 0 Å². The van der Waals surface area contributed by atoms with Crippen molar-refractivity contribution in [2.24, 2.45) is 0 Å². The minimum Gasteiger partial charge on any atom is -0.368 e. The van der Waals surface area contributed by atoms with Gasteiger partial charge >= 0.3 is 0 Å². The Kier molecular flexibility index (Phi) is 6.86. The Morgan fingerprint density at radius 1 is 1.00 bits per heavy atom. The highest BCUT2D eigenvalue weighted by molar-refractivity contribution is 5.97. The number of benzene rings is 2. The van der Waals surface area contributed by atoms with Crippen LogP contribution in [0.15, 0.2) is 42.5 Å². The number of rotatable bonds is 6. The van der Waals surface area contributed by atoms with E-state index in [0.717, 1.165) is 13.1 Å². The summed E-state index contributed by atoms with van der Waals surface area (Å²) in [5, 5.41) is 2.71. The van der Waals surface area contributed by atoms with Gasteiger partial charge in [-0.3, -0.25) is 9.59 Å². The molecule has 1 fully saturated rings. The van der Waals surface area contributed by atoms with Crippen molar-refractivity contribution >= 4 is 17.5 Å². The molecule has 2 amide bonds. The van der Waals surface area contributed by atoms with Crippen LogP contribution in [0, 0.1) is 19.7 Å². The number of carbonyl (C=O) groups excluding carboxylic acids is 2. The summed E-state index contributed by atoms with van der Waals surface area (Å²) in [6.07, 6.45) is 0.238. The number of nitrogens with zero attached hydrogens (tertiary/aromatic N) is 2. The monoisotopic (exact) mass is 397 g/mol. The Morgan fingerprint density at radius 3 is 2.45 bits per heavy atom. The van der Waals surface area contributed by atoms with Crippen LogP contribution in [-0.4, -0.2) is 49.4 Å². The highest BCUT2D eigenvalue weighted by Gasteiger charge is 2.23. The van der Waals surface area contributed by atoms with Crippen LogP contribution < -0.4 is 10.2 Å². The molecule has 1 aliphatic rings. The first kappa shape index (κ1) is 20.8. The average Bonchev–Trinajstić information content (AvgIpc) is 2.71. The maximum absolute atomic E-state index is 13.6. The molecule has 5 nitrogen and oxygen atoms in total. The van der Waals surface area contributed by atoms with Gasteiger partial charge in [-0.1, -0.05) is 30.3 Å². The average molecular weight is 397 g/mol. The van der Waals surface area contributed by atoms with E-state index in [-0.39, 0.29) is 24.1 Å². The standard InChI is InChI=1S/C23H28FN3O2/c1-17-6-5-9-21(18(17)2)26-12-14-27(15-13-26)23(29)16-22(28)25-11-10-19-7-3-4-8-20(19)24/h3-9H,10-16H2,1-2H3,(H,25,28). The number of nitrogens with one attached hydrogen (secondary N) is 1. The number of halogens is 1. The van der Waals surface area contributed by atoms with Gasteiger partial charge in [-0.05, 0) is 49.1 Å². The molecule has 3 rings (SSSR count). The van der Waals surface area contributed by atoms with Crippen LogP contribution in [0.1, 0.15) is 23.1 Å². The second kappa shape index (κ2) is 9.54. The van der Waals surface area contributed by atoms with E-state index >= 15 is 0 Å². The van der Waals surface area contributed by atoms with Crippen molar-refractivity contribution in [2.45, 2.75) is 26.7 Å². The maximum atomic E-state index is 13.6. The second-order valence-electron chi connectivity index (χ2n) is 7.46. The first-order valence-corrected chi connectivity index (χ1v) is 10.0.